The second-order valence-corrected chi connectivity index (χ2v) is 10.2. The Morgan fingerprint density at radius 3 is 2.26 bits per heavy atom. The molecule has 2 unspecified atom stereocenters. The molecule has 0 aliphatic heterocycles. The van der Waals surface area contributed by atoms with Crippen molar-refractivity contribution in [3.8, 4) is 0 Å². The van der Waals surface area contributed by atoms with Crippen LogP contribution in [0, 0.1) is 0 Å². The quantitative estimate of drug-likeness (QED) is 0.316. The van der Waals surface area contributed by atoms with Crippen molar-refractivity contribution < 1.29 is 19.1 Å². The predicted octanol–water partition coefficient (Wildman–Crippen LogP) is 4.41. The van der Waals surface area contributed by atoms with Crippen molar-refractivity contribution >= 4 is 30.5 Å². The maximum Gasteiger partial charge on any atom is 0.408 e. The van der Waals surface area contributed by atoms with Gasteiger partial charge in [0.05, 0.1) is 0 Å². The highest BCUT2D eigenvalue weighted by atomic mass is 32.1. The van der Waals surface area contributed by atoms with Crippen molar-refractivity contribution in [2.45, 2.75) is 96.9 Å². The van der Waals surface area contributed by atoms with Gasteiger partial charge in [0, 0.05) is 18.3 Å². The molecule has 2 rings (SSSR count). The molecule has 0 saturated heterocycles. The summed E-state index contributed by atoms with van der Waals surface area (Å²) in [4.78, 5) is 41.3. The molecule has 3 amide bonds. The summed E-state index contributed by atoms with van der Waals surface area (Å²) in [7, 11) is 0. The number of alkyl carbamates (subject to hydrolysis) is 1. The van der Waals surface area contributed by atoms with E-state index in [0.29, 0.717) is 6.54 Å². The van der Waals surface area contributed by atoms with E-state index in [-0.39, 0.29) is 23.6 Å². The highest BCUT2D eigenvalue weighted by Crippen LogP contribution is 2.34. The van der Waals surface area contributed by atoms with Crippen LogP contribution in [-0.2, 0) is 20.7 Å². The van der Waals surface area contributed by atoms with Crippen LogP contribution in [0.1, 0.15) is 83.9 Å². The number of carbonyl (C=O) groups is 3. The van der Waals surface area contributed by atoms with Gasteiger partial charge in [-0.15, -0.1) is 0 Å². The first kappa shape index (κ1) is 28.0. The lowest BCUT2D eigenvalue weighted by Gasteiger charge is -2.43. The standard InChI is InChI=1S/C26H41N3O4S/c1-6-8-16-27-23(30)22(19-14-12-18(7-2)13-15-19)29(20-10-9-11-20)24(31)21(17-34)28-25(32)33-26(3,4)5/h12-15,20-22,34H,6-11,16-17H2,1-5H3,(H,27,30)(H,28,32). The van der Waals surface area contributed by atoms with E-state index < -0.39 is 23.8 Å². The second-order valence-electron chi connectivity index (χ2n) is 9.85. The molecule has 1 saturated carbocycles. The number of unbranched alkanes of at least 4 members (excludes halogenated alkanes) is 1. The molecule has 0 spiro atoms. The molecular weight excluding hydrogens is 450 g/mol. The Balaban J connectivity index is 2.38. The zero-order valence-electron chi connectivity index (χ0n) is 21.2. The Morgan fingerprint density at radius 1 is 1.15 bits per heavy atom. The van der Waals surface area contributed by atoms with Crippen molar-refractivity contribution in [1.29, 1.82) is 0 Å². The summed E-state index contributed by atoms with van der Waals surface area (Å²) in [6.45, 7) is 9.99. The largest absolute Gasteiger partial charge is 0.444 e. The number of hydrogen-bond acceptors (Lipinski definition) is 5. The lowest BCUT2D eigenvalue weighted by Crippen LogP contribution is -2.58. The zero-order valence-corrected chi connectivity index (χ0v) is 22.1. The number of ether oxygens (including phenoxy) is 1. The van der Waals surface area contributed by atoms with E-state index in [1.165, 1.54) is 0 Å². The van der Waals surface area contributed by atoms with Gasteiger partial charge >= 0.3 is 6.09 Å². The van der Waals surface area contributed by atoms with E-state index in [2.05, 4.69) is 37.1 Å². The lowest BCUT2D eigenvalue weighted by atomic mass is 9.88. The summed E-state index contributed by atoms with van der Waals surface area (Å²) >= 11 is 4.34. The predicted molar refractivity (Wildman–Crippen MR) is 138 cm³/mol. The third kappa shape index (κ3) is 7.93. The third-order valence-corrected chi connectivity index (χ3v) is 6.32. The summed E-state index contributed by atoms with van der Waals surface area (Å²) in [6, 6.07) is 6.11. The first-order valence-electron chi connectivity index (χ1n) is 12.4. The van der Waals surface area contributed by atoms with E-state index in [0.717, 1.165) is 49.7 Å². The van der Waals surface area contributed by atoms with Gasteiger partial charge in [0.1, 0.15) is 17.7 Å². The third-order valence-electron chi connectivity index (χ3n) is 5.95. The van der Waals surface area contributed by atoms with Crippen LogP contribution in [0.3, 0.4) is 0 Å². The van der Waals surface area contributed by atoms with Crippen molar-refractivity contribution in [2.24, 2.45) is 0 Å². The molecule has 1 aliphatic carbocycles. The van der Waals surface area contributed by atoms with Gasteiger partial charge in [-0.1, -0.05) is 44.5 Å². The number of aryl methyl sites for hydroxylation is 1. The smallest absolute Gasteiger partial charge is 0.408 e. The van der Waals surface area contributed by atoms with Crippen molar-refractivity contribution in [3.05, 3.63) is 35.4 Å². The number of rotatable bonds is 11. The number of benzene rings is 1. The molecule has 0 heterocycles. The van der Waals surface area contributed by atoms with Gasteiger partial charge in [-0.3, -0.25) is 9.59 Å². The molecule has 1 aromatic rings. The first-order chi connectivity index (χ1) is 16.1. The summed E-state index contributed by atoms with van der Waals surface area (Å²) < 4.78 is 5.35. The van der Waals surface area contributed by atoms with Crippen LogP contribution in [0.25, 0.3) is 0 Å². The molecule has 190 valence electrons. The van der Waals surface area contributed by atoms with Crippen LogP contribution in [-0.4, -0.2) is 52.8 Å². The maximum absolute atomic E-state index is 13.8. The van der Waals surface area contributed by atoms with Gasteiger partial charge in [-0.25, -0.2) is 4.79 Å². The minimum absolute atomic E-state index is 0.0666. The SMILES string of the molecule is CCCCNC(=O)C(c1ccc(CC)cc1)N(C(=O)C(CS)NC(=O)OC(C)(C)C)C1CCC1. The van der Waals surface area contributed by atoms with Crippen molar-refractivity contribution in [2.75, 3.05) is 12.3 Å². The van der Waals surface area contributed by atoms with Crippen LogP contribution in [0.5, 0.6) is 0 Å². The molecular formula is C26H41N3O4S. The van der Waals surface area contributed by atoms with E-state index in [4.69, 9.17) is 4.74 Å². The number of nitrogens with zero attached hydrogens (tertiary/aromatic N) is 1. The molecule has 1 fully saturated rings. The van der Waals surface area contributed by atoms with E-state index in [1.54, 1.807) is 25.7 Å². The van der Waals surface area contributed by atoms with Gasteiger partial charge in [0.25, 0.3) is 0 Å². The number of carbonyl (C=O) groups excluding carboxylic acids is 3. The van der Waals surface area contributed by atoms with Crippen LogP contribution in [0.2, 0.25) is 0 Å². The van der Waals surface area contributed by atoms with Gasteiger partial charge in [-0.2, -0.15) is 12.6 Å². The average molecular weight is 492 g/mol. The molecule has 7 nitrogen and oxygen atoms in total. The molecule has 8 heteroatoms. The Bertz CT molecular complexity index is 818. The lowest BCUT2D eigenvalue weighted by molar-refractivity contribution is -0.147. The normalized spacial score (nSPS) is 15.6. The first-order valence-corrected chi connectivity index (χ1v) is 13.0. The Morgan fingerprint density at radius 2 is 1.79 bits per heavy atom. The van der Waals surface area contributed by atoms with Crippen molar-refractivity contribution in [1.82, 2.24) is 15.5 Å². The monoisotopic (exact) mass is 491 g/mol. The van der Waals surface area contributed by atoms with Gasteiger partial charge in [-0.05, 0) is 64.0 Å². The van der Waals surface area contributed by atoms with Gasteiger partial charge in [0.15, 0.2) is 0 Å². The molecule has 0 bridgehead atoms. The number of thiol groups is 1. The highest BCUT2D eigenvalue weighted by molar-refractivity contribution is 7.80. The Labute approximate surface area is 209 Å². The summed E-state index contributed by atoms with van der Waals surface area (Å²) in [5.41, 5.74) is 1.24. The fourth-order valence-corrected chi connectivity index (χ4v) is 4.10. The van der Waals surface area contributed by atoms with Crippen LogP contribution in [0.4, 0.5) is 4.79 Å². The van der Waals surface area contributed by atoms with Crippen LogP contribution >= 0.6 is 12.6 Å². The second kappa shape index (κ2) is 13.0. The van der Waals surface area contributed by atoms with Crippen LogP contribution < -0.4 is 10.6 Å². The number of hydrogen-bond donors (Lipinski definition) is 3. The zero-order chi connectivity index (χ0) is 25.3. The van der Waals surface area contributed by atoms with Gasteiger partial charge < -0.3 is 20.3 Å². The minimum atomic E-state index is -0.903. The van der Waals surface area contributed by atoms with Crippen molar-refractivity contribution in [3.63, 3.8) is 0 Å². The summed E-state index contributed by atoms with van der Waals surface area (Å²) in [5, 5.41) is 5.68. The minimum Gasteiger partial charge on any atom is -0.444 e. The number of amides is 3. The fourth-order valence-electron chi connectivity index (χ4n) is 3.86. The maximum atomic E-state index is 13.8. The molecule has 0 radical (unpaired) electrons. The molecule has 1 aromatic carbocycles. The molecule has 1 aliphatic rings. The van der Waals surface area contributed by atoms with Gasteiger partial charge in [0.2, 0.25) is 11.8 Å². The van der Waals surface area contributed by atoms with E-state index in [1.807, 2.05) is 24.3 Å². The highest BCUT2D eigenvalue weighted by Gasteiger charge is 2.41. The summed E-state index contributed by atoms with van der Waals surface area (Å²) in [6.07, 6.45) is 4.68. The summed E-state index contributed by atoms with van der Waals surface area (Å²) in [5.74, 6) is -0.422. The molecule has 2 atom stereocenters. The Hall–Kier alpha value is -2.22. The number of nitrogens with one attached hydrogen (secondary N) is 2. The fraction of sp³-hybridized carbons (Fsp3) is 0.654. The Kier molecular flexibility index (Phi) is 10.7. The van der Waals surface area contributed by atoms with E-state index >= 15 is 0 Å². The molecule has 2 N–H and O–H groups in total. The van der Waals surface area contributed by atoms with E-state index in [9.17, 15) is 14.4 Å². The average Bonchev–Trinajstić information content (AvgIpc) is 2.74. The topological polar surface area (TPSA) is 87.7 Å². The molecule has 0 aromatic heterocycles. The molecule has 34 heavy (non-hydrogen) atoms. The van der Waals surface area contributed by atoms with Crippen LogP contribution in [0.15, 0.2) is 24.3 Å².